The average Bonchev–Trinajstić information content (AvgIpc) is 2.88. The summed E-state index contributed by atoms with van der Waals surface area (Å²) < 4.78 is 13.4. The molecule has 0 radical (unpaired) electrons. The number of rotatable bonds is 9. The summed E-state index contributed by atoms with van der Waals surface area (Å²) in [6.07, 6.45) is 4.42. The summed E-state index contributed by atoms with van der Waals surface area (Å²) in [4.78, 5) is 23.9. The molecule has 1 amide bonds. The summed E-state index contributed by atoms with van der Waals surface area (Å²) in [5, 5.41) is 6.56. The first-order valence-corrected chi connectivity index (χ1v) is 12.0. The number of hydrogen-bond donors (Lipinski definition) is 2. The molecule has 0 bridgehead atoms. The van der Waals surface area contributed by atoms with Gasteiger partial charge in [0.2, 0.25) is 11.9 Å². The van der Waals surface area contributed by atoms with E-state index in [1.54, 1.807) is 18.3 Å². The van der Waals surface area contributed by atoms with Gasteiger partial charge in [-0.2, -0.15) is 0 Å². The van der Waals surface area contributed by atoms with E-state index < -0.39 is 0 Å². The molecule has 0 unspecified atom stereocenters. The lowest BCUT2D eigenvalue weighted by atomic mass is 9.97. The van der Waals surface area contributed by atoms with Crippen LogP contribution in [0.25, 0.3) is 11.3 Å². The molecule has 1 aliphatic rings. The summed E-state index contributed by atoms with van der Waals surface area (Å²) >= 11 is 0. The van der Waals surface area contributed by atoms with Gasteiger partial charge in [-0.25, -0.2) is 14.4 Å². The monoisotopic (exact) mass is 461 g/mol. The second-order valence-corrected chi connectivity index (χ2v) is 8.67. The van der Waals surface area contributed by atoms with Gasteiger partial charge in [0.25, 0.3) is 0 Å². The van der Waals surface area contributed by atoms with Gasteiger partial charge in [-0.15, -0.1) is 0 Å². The normalized spacial score (nSPS) is 15.6. The lowest BCUT2D eigenvalue weighted by molar-refractivity contribution is -0.136. The van der Waals surface area contributed by atoms with Gasteiger partial charge in [0.05, 0.1) is 11.6 Å². The van der Waals surface area contributed by atoms with Crippen LogP contribution in [0, 0.1) is 11.7 Å². The van der Waals surface area contributed by atoms with Crippen molar-refractivity contribution in [3.8, 4) is 11.3 Å². The van der Waals surface area contributed by atoms with Crippen LogP contribution < -0.4 is 10.6 Å². The maximum absolute atomic E-state index is 13.4. The highest BCUT2D eigenvalue weighted by Crippen LogP contribution is 2.21. The molecule has 34 heavy (non-hydrogen) atoms. The van der Waals surface area contributed by atoms with E-state index in [2.05, 4.69) is 32.7 Å². The van der Waals surface area contributed by atoms with Gasteiger partial charge in [0.1, 0.15) is 5.82 Å². The minimum Gasteiger partial charge on any atom is -0.354 e. The van der Waals surface area contributed by atoms with Crippen LogP contribution in [0.3, 0.4) is 0 Å². The molecule has 7 heteroatoms. The van der Waals surface area contributed by atoms with Crippen molar-refractivity contribution < 1.29 is 9.18 Å². The molecule has 6 nitrogen and oxygen atoms in total. The molecule has 3 aromatic rings. The fourth-order valence-electron chi connectivity index (χ4n) is 4.33. The van der Waals surface area contributed by atoms with Gasteiger partial charge >= 0.3 is 0 Å². The van der Waals surface area contributed by atoms with Crippen molar-refractivity contribution in [2.75, 3.05) is 31.5 Å². The van der Waals surface area contributed by atoms with Gasteiger partial charge in [-0.05, 0) is 68.1 Å². The summed E-state index contributed by atoms with van der Waals surface area (Å²) in [6.45, 7) is 5.68. The molecule has 0 aliphatic carbocycles. The predicted octanol–water partition coefficient (Wildman–Crippen LogP) is 4.29. The van der Waals surface area contributed by atoms with Gasteiger partial charge in [0.15, 0.2) is 0 Å². The quantitative estimate of drug-likeness (QED) is 0.498. The molecule has 0 saturated carbocycles. The number of aromatic nitrogens is 2. The first-order valence-electron chi connectivity index (χ1n) is 12.0. The van der Waals surface area contributed by atoms with Crippen LogP contribution in [0.15, 0.2) is 60.8 Å². The number of hydrogen-bond acceptors (Lipinski definition) is 5. The third-order valence-corrected chi connectivity index (χ3v) is 6.18. The van der Waals surface area contributed by atoms with E-state index in [1.165, 1.54) is 6.07 Å². The fourth-order valence-corrected chi connectivity index (χ4v) is 4.33. The van der Waals surface area contributed by atoms with E-state index in [4.69, 9.17) is 0 Å². The van der Waals surface area contributed by atoms with Crippen LogP contribution >= 0.6 is 0 Å². The van der Waals surface area contributed by atoms with Crippen LogP contribution in [-0.4, -0.2) is 47.0 Å². The maximum Gasteiger partial charge on any atom is 0.227 e. The second kappa shape index (κ2) is 11.7. The van der Waals surface area contributed by atoms with E-state index in [9.17, 15) is 9.18 Å². The molecule has 1 aromatic heterocycles. The fraction of sp³-hybridized carbons (Fsp3) is 0.370. The van der Waals surface area contributed by atoms with Gasteiger partial charge in [-0.3, -0.25) is 4.79 Å². The van der Waals surface area contributed by atoms with E-state index in [-0.39, 0.29) is 17.6 Å². The van der Waals surface area contributed by atoms with Gasteiger partial charge in [-0.1, -0.05) is 30.3 Å². The number of halogens is 1. The summed E-state index contributed by atoms with van der Waals surface area (Å²) in [5.41, 5.74) is 3.80. The number of piperidine rings is 1. The molecule has 0 spiro atoms. The summed E-state index contributed by atoms with van der Waals surface area (Å²) in [6, 6.07) is 16.7. The largest absolute Gasteiger partial charge is 0.354 e. The SMILES string of the molecule is CCN(Cc1cccc(-c2ccnc(NCCc3cccc(F)c3)n2)c1)C(=O)[C@@H]1CCCNC1. The zero-order chi connectivity index (χ0) is 23.8. The van der Waals surface area contributed by atoms with Crippen LogP contribution in [0.2, 0.25) is 0 Å². The standard InChI is InChI=1S/C27H32FN5O/c1-2-33(26(34)23-9-5-13-29-18-23)19-21-7-3-8-22(16-21)25-12-15-31-27(32-25)30-14-11-20-6-4-10-24(28)17-20/h3-4,6-8,10,12,15-17,23,29H,2,5,9,11,13-14,18-19H2,1H3,(H,30,31,32)/t23-/m1/s1. The van der Waals surface area contributed by atoms with Crippen LogP contribution in [0.5, 0.6) is 0 Å². The lowest BCUT2D eigenvalue weighted by Crippen LogP contribution is -2.42. The average molecular weight is 462 g/mol. The molecule has 2 aromatic carbocycles. The molecule has 1 atom stereocenters. The van der Waals surface area contributed by atoms with E-state index in [0.29, 0.717) is 32.0 Å². The Morgan fingerprint density at radius 2 is 2.03 bits per heavy atom. The van der Waals surface area contributed by atoms with Crippen molar-refractivity contribution in [2.45, 2.75) is 32.7 Å². The molecule has 1 aliphatic heterocycles. The Bertz CT molecular complexity index is 1100. The number of benzene rings is 2. The minimum atomic E-state index is -0.227. The topological polar surface area (TPSA) is 70.2 Å². The number of amides is 1. The predicted molar refractivity (Wildman–Crippen MR) is 133 cm³/mol. The Labute approximate surface area is 200 Å². The van der Waals surface area contributed by atoms with Crippen molar-refractivity contribution in [3.05, 3.63) is 77.7 Å². The van der Waals surface area contributed by atoms with Crippen LogP contribution in [0.4, 0.5) is 10.3 Å². The number of carbonyl (C=O) groups excluding carboxylic acids is 1. The Morgan fingerprint density at radius 3 is 2.82 bits per heavy atom. The Hall–Kier alpha value is -3.32. The molecule has 1 saturated heterocycles. The zero-order valence-corrected chi connectivity index (χ0v) is 19.6. The van der Waals surface area contributed by atoms with E-state index in [0.717, 1.165) is 48.3 Å². The highest BCUT2D eigenvalue weighted by Gasteiger charge is 2.25. The zero-order valence-electron chi connectivity index (χ0n) is 19.6. The highest BCUT2D eigenvalue weighted by atomic mass is 19.1. The van der Waals surface area contributed by atoms with Crippen molar-refractivity contribution >= 4 is 11.9 Å². The van der Waals surface area contributed by atoms with Gasteiger partial charge < -0.3 is 15.5 Å². The number of nitrogens with one attached hydrogen (secondary N) is 2. The smallest absolute Gasteiger partial charge is 0.227 e. The number of carbonyl (C=O) groups is 1. The van der Waals surface area contributed by atoms with Crippen molar-refractivity contribution in [3.63, 3.8) is 0 Å². The van der Waals surface area contributed by atoms with E-state index >= 15 is 0 Å². The third-order valence-electron chi connectivity index (χ3n) is 6.18. The summed E-state index contributed by atoms with van der Waals surface area (Å²) in [5.74, 6) is 0.607. The van der Waals surface area contributed by atoms with E-state index in [1.807, 2.05) is 36.1 Å². The number of anilines is 1. The molecule has 4 rings (SSSR count). The number of nitrogens with zero attached hydrogens (tertiary/aromatic N) is 3. The van der Waals surface area contributed by atoms with Gasteiger partial charge in [0, 0.05) is 37.9 Å². The third kappa shape index (κ3) is 6.38. The van der Waals surface area contributed by atoms with Crippen molar-refractivity contribution in [1.29, 1.82) is 0 Å². The molecule has 1 fully saturated rings. The second-order valence-electron chi connectivity index (χ2n) is 8.67. The van der Waals surface area contributed by atoms with Crippen LogP contribution in [0.1, 0.15) is 30.9 Å². The Morgan fingerprint density at radius 1 is 1.18 bits per heavy atom. The Kier molecular flexibility index (Phi) is 8.20. The highest BCUT2D eigenvalue weighted by molar-refractivity contribution is 5.79. The molecular formula is C27H32FN5O. The first-order chi connectivity index (χ1) is 16.6. The van der Waals surface area contributed by atoms with Crippen LogP contribution in [-0.2, 0) is 17.8 Å². The molecule has 178 valence electrons. The lowest BCUT2D eigenvalue weighted by Gasteiger charge is -2.29. The first kappa shape index (κ1) is 23.8. The van der Waals surface area contributed by atoms with Crippen molar-refractivity contribution in [2.24, 2.45) is 5.92 Å². The molecular weight excluding hydrogens is 429 g/mol. The van der Waals surface area contributed by atoms with Crippen molar-refractivity contribution in [1.82, 2.24) is 20.2 Å². The maximum atomic E-state index is 13.4. The molecule has 2 heterocycles. The molecule has 2 N–H and O–H groups in total. The minimum absolute atomic E-state index is 0.0692. The Balaban J connectivity index is 1.40. The summed E-state index contributed by atoms with van der Waals surface area (Å²) in [7, 11) is 0.